The van der Waals surface area contributed by atoms with Crippen LogP contribution in [0.4, 0.5) is 0 Å². The molecule has 2 aliphatic heterocycles. The standard InChI is InChI=1S/C15H29N3O/c1-2-7-16-12-15(19)18-10-5-14(6-11-18)13-17-8-3-4-9-17/h14,16H,2-13H2,1H3. The van der Waals surface area contributed by atoms with Crippen molar-refractivity contribution in [2.75, 3.05) is 45.8 Å². The zero-order valence-corrected chi connectivity index (χ0v) is 12.4. The number of rotatable bonds is 6. The van der Waals surface area contributed by atoms with Gasteiger partial charge in [0.2, 0.25) is 5.91 Å². The third-order valence-corrected chi connectivity index (χ3v) is 4.39. The van der Waals surface area contributed by atoms with Crippen LogP contribution in [0.1, 0.15) is 39.0 Å². The molecule has 0 aliphatic carbocycles. The quantitative estimate of drug-likeness (QED) is 0.737. The fourth-order valence-electron chi connectivity index (χ4n) is 3.18. The second-order valence-electron chi connectivity index (χ2n) is 6.01. The van der Waals surface area contributed by atoms with E-state index in [1.807, 2.05) is 4.90 Å². The van der Waals surface area contributed by atoms with E-state index in [9.17, 15) is 4.79 Å². The van der Waals surface area contributed by atoms with Crippen LogP contribution in [-0.2, 0) is 4.79 Å². The second-order valence-corrected chi connectivity index (χ2v) is 6.01. The maximum atomic E-state index is 12.0. The largest absolute Gasteiger partial charge is 0.342 e. The van der Waals surface area contributed by atoms with Gasteiger partial charge < -0.3 is 15.1 Å². The monoisotopic (exact) mass is 267 g/mol. The van der Waals surface area contributed by atoms with Crippen molar-refractivity contribution in [1.29, 1.82) is 0 Å². The Kier molecular flexibility index (Phi) is 6.11. The van der Waals surface area contributed by atoms with Gasteiger partial charge in [-0.25, -0.2) is 0 Å². The molecule has 110 valence electrons. The molecule has 0 unspecified atom stereocenters. The first-order valence-electron chi connectivity index (χ1n) is 8.00. The van der Waals surface area contributed by atoms with Gasteiger partial charge in [0, 0.05) is 19.6 Å². The lowest BCUT2D eigenvalue weighted by Crippen LogP contribution is -2.44. The average molecular weight is 267 g/mol. The molecule has 2 saturated heterocycles. The number of nitrogens with zero attached hydrogens (tertiary/aromatic N) is 2. The smallest absolute Gasteiger partial charge is 0.236 e. The van der Waals surface area contributed by atoms with Gasteiger partial charge in [-0.15, -0.1) is 0 Å². The van der Waals surface area contributed by atoms with E-state index in [2.05, 4.69) is 17.1 Å². The first kappa shape index (κ1) is 14.8. The van der Waals surface area contributed by atoms with Gasteiger partial charge in [-0.3, -0.25) is 4.79 Å². The second kappa shape index (κ2) is 7.85. The molecule has 0 aromatic carbocycles. The Morgan fingerprint density at radius 1 is 1.16 bits per heavy atom. The lowest BCUT2D eigenvalue weighted by atomic mass is 9.96. The lowest BCUT2D eigenvalue weighted by Gasteiger charge is -2.34. The molecular formula is C15H29N3O. The highest BCUT2D eigenvalue weighted by Crippen LogP contribution is 2.20. The third kappa shape index (κ3) is 4.77. The fraction of sp³-hybridized carbons (Fsp3) is 0.933. The minimum Gasteiger partial charge on any atom is -0.342 e. The molecule has 0 radical (unpaired) electrons. The number of hydrogen-bond acceptors (Lipinski definition) is 3. The molecule has 0 atom stereocenters. The summed E-state index contributed by atoms with van der Waals surface area (Å²) in [5.41, 5.74) is 0. The average Bonchev–Trinajstić information content (AvgIpc) is 2.93. The van der Waals surface area contributed by atoms with E-state index in [-0.39, 0.29) is 5.91 Å². The number of carbonyl (C=O) groups is 1. The number of likely N-dealkylation sites (tertiary alicyclic amines) is 2. The Labute approximate surface area is 117 Å². The lowest BCUT2D eigenvalue weighted by molar-refractivity contribution is -0.131. The highest BCUT2D eigenvalue weighted by atomic mass is 16.2. The van der Waals surface area contributed by atoms with Gasteiger partial charge in [-0.05, 0) is 57.7 Å². The summed E-state index contributed by atoms with van der Waals surface area (Å²) in [6.45, 7) is 9.36. The molecule has 0 bridgehead atoms. The SMILES string of the molecule is CCCNCC(=O)N1CCC(CN2CCCC2)CC1. The summed E-state index contributed by atoms with van der Waals surface area (Å²) in [4.78, 5) is 16.6. The Morgan fingerprint density at radius 3 is 2.47 bits per heavy atom. The minimum atomic E-state index is 0.285. The number of nitrogens with one attached hydrogen (secondary N) is 1. The topological polar surface area (TPSA) is 35.6 Å². The summed E-state index contributed by atoms with van der Waals surface area (Å²) >= 11 is 0. The highest BCUT2D eigenvalue weighted by Gasteiger charge is 2.24. The van der Waals surface area contributed by atoms with Gasteiger partial charge in [0.1, 0.15) is 0 Å². The van der Waals surface area contributed by atoms with Crippen LogP contribution >= 0.6 is 0 Å². The Morgan fingerprint density at radius 2 is 1.84 bits per heavy atom. The van der Waals surface area contributed by atoms with Crippen molar-refractivity contribution in [3.63, 3.8) is 0 Å². The first-order valence-corrected chi connectivity index (χ1v) is 8.00. The number of amides is 1. The molecule has 4 nitrogen and oxygen atoms in total. The molecule has 0 saturated carbocycles. The highest BCUT2D eigenvalue weighted by molar-refractivity contribution is 5.78. The van der Waals surface area contributed by atoms with E-state index >= 15 is 0 Å². The number of carbonyl (C=O) groups excluding carboxylic acids is 1. The molecule has 0 aromatic rings. The van der Waals surface area contributed by atoms with Crippen molar-refractivity contribution in [2.45, 2.75) is 39.0 Å². The van der Waals surface area contributed by atoms with E-state index in [1.54, 1.807) is 0 Å². The van der Waals surface area contributed by atoms with E-state index in [4.69, 9.17) is 0 Å². The zero-order valence-electron chi connectivity index (χ0n) is 12.4. The summed E-state index contributed by atoms with van der Waals surface area (Å²) in [7, 11) is 0. The molecule has 2 fully saturated rings. The van der Waals surface area contributed by atoms with Crippen LogP contribution in [0.3, 0.4) is 0 Å². The fourth-order valence-corrected chi connectivity index (χ4v) is 3.18. The third-order valence-electron chi connectivity index (χ3n) is 4.39. The van der Waals surface area contributed by atoms with Crippen molar-refractivity contribution in [2.24, 2.45) is 5.92 Å². The summed E-state index contributed by atoms with van der Waals surface area (Å²) in [6.07, 6.45) is 6.22. The Bertz CT molecular complexity index is 269. The van der Waals surface area contributed by atoms with Crippen LogP contribution in [0.15, 0.2) is 0 Å². The van der Waals surface area contributed by atoms with E-state index < -0.39 is 0 Å². The summed E-state index contributed by atoms with van der Waals surface area (Å²) < 4.78 is 0. The van der Waals surface area contributed by atoms with E-state index in [0.29, 0.717) is 6.54 Å². The molecule has 2 heterocycles. The maximum absolute atomic E-state index is 12.0. The molecule has 0 aromatic heterocycles. The first-order chi connectivity index (χ1) is 9.29. The van der Waals surface area contributed by atoms with Crippen molar-refractivity contribution >= 4 is 5.91 Å². The van der Waals surface area contributed by atoms with Crippen LogP contribution < -0.4 is 5.32 Å². The molecule has 0 spiro atoms. The molecule has 19 heavy (non-hydrogen) atoms. The van der Waals surface area contributed by atoms with Crippen molar-refractivity contribution in [3.05, 3.63) is 0 Å². The van der Waals surface area contributed by atoms with Gasteiger partial charge in [-0.1, -0.05) is 6.92 Å². The van der Waals surface area contributed by atoms with Gasteiger partial charge in [-0.2, -0.15) is 0 Å². The predicted octanol–water partition coefficient (Wildman–Crippen LogP) is 1.32. The van der Waals surface area contributed by atoms with E-state index in [0.717, 1.165) is 32.0 Å². The van der Waals surface area contributed by atoms with Gasteiger partial charge in [0.15, 0.2) is 0 Å². The van der Waals surface area contributed by atoms with Crippen LogP contribution in [0.25, 0.3) is 0 Å². The summed E-state index contributed by atoms with van der Waals surface area (Å²) in [6, 6.07) is 0. The van der Waals surface area contributed by atoms with Crippen LogP contribution in [0.2, 0.25) is 0 Å². The van der Waals surface area contributed by atoms with Gasteiger partial charge >= 0.3 is 0 Å². The number of piperidine rings is 1. The molecule has 1 N–H and O–H groups in total. The van der Waals surface area contributed by atoms with Crippen LogP contribution in [0, 0.1) is 5.92 Å². The Hall–Kier alpha value is -0.610. The molecule has 2 aliphatic rings. The van der Waals surface area contributed by atoms with E-state index in [1.165, 1.54) is 45.3 Å². The minimum absolute atomic E-state index is 0.285. The maximum Gasteiger partial charge on any atom is 0.236 e. The molecule has 4 heteroatoms. The zero-order chi connectivity index (χ0) is 13.5. The predicted molar refractivity (Wildman–Crippen MR) is 78.1 cm³/mol. The summed E-state index contributed by atoms with van der Waals surface area (Å²) in [5, 5.41) is 3.20. The summed E-state index contributed by atoms with van der Waals surface area (Å²) in [5.74, 6) is 1.10. The van der Waals surface area contributed by atoms with Crippen LogP contribution in [-0.4, -0.2) is 61.5 Å². The molecule has 2 rings (SSSR count). The van der Waals surface area contributed by atoms with Crippen molar-refractivity contribution < 1.29 is 4.79 Å². The van der Waals surface area contributed by atoms with Crippen molar-refractivity contribution in [1.82, 2.24) is 15.1 Å². The van der Waals surface area contributed by atoms with Gasteiger partial charge in [0.25, 0.3) is 0 Å². The van der Waals surface area contributed by atoms with Crippen LogP contribution in [0.5, 0.6) is 0 Å². The molecule has 1 amide bonds. The number of hydrogen-bond donors (Lipinski definition) is 1. The molecular weight excluding hydrogens is 238 g/mol. The van der Waals surface area contributed by atoms with Gasteiger partial charge in [0.05, 0.1) is 6.54 Å². The Balaban J connectivity index is 1.62. The normalized spacial score (nSPS) is 22.1. The van der Waals surface area contributed by atoms with Crippen molar-refractivity contribution in [3.8, 4) is 0 Å².